The van der Waals surface area contributed by atoms with Gasteiger partial charge in [0.1, 0.15) is 5.82 Å². The molecule has 0 radical (unpaired) electrons. The average Bonchev–Trinajstić information content (AvgIpc) is 2.67. The Morgan fingerprint density at radius 2 is 2.21 bits per heavy atom. The summed E-state index contributed by atoms with van der Waals surface area (Å²) in [5.41, 5.74) is 0.656. The van der Waals surface area contributed by atoms with Crippen molar-refractivity contribution in [1.82, 2.24) is 0 Å². The minimum absolute atomic E-state index is 0.175. The molecule has 1 aliphatic rings. The summed E-state index contributed by atoms with van der Waals surface area (Å²) in [6.45, 7) is 1.80. The molecule has 76 valence electrons. The standard InChI is InChI=1S/C11H14FNO/c12-10-3-1-2-4-11(10)13-6-5-9(7-13)8-14/h1-4,9,14H,5-8H2. The van der Waals surface area contributed by atoms with Crippen LogP contribution in [0.2, 0.25) is 0 Å². The number of hydrogen-bond acceptors (Lipinski definition) is 2. The first-order valence-corrected chi connectivity index (χ1v) is 4.91. The van der Waals surface area contributed by atoms with Crippen LogP contribution in [0.15, 0.2) is 24.3 Å². The first-order chi connectivity index (χ1) is 6.81. The summed E-state index contributed by atoms with van der Waals surface area (Å²) in [5, 5.41) is 8.98. The van der Waals surface area contributed by atoms with Gasteiger partial charge in [-0.05, 0) is 18.6 Å². The van der Waals surface area contributed by atoms with Gasteiger partial charge in [-0.2, -0.15) is 0 Å². The van der Waals surface area contributed by atoms with E-state index < -0.39 is 0 Å². The van der Waals surface area contributed by atoms with E-state index in [1.807, 2.05) is 11.0 Å². The van der Waals surface area contributed by atoms with Gasteiger partial charge in [-0.25, -0.2) is 4.39 Å². The minimum atomic E-state index is -0.175. The quantitative estimate of drug-likeness (QED) is 0.775. The number of anilines is 1. The molecule has 2 rings (SSSR count). The van der Waals surface area contributed by atoms with E-state index in [0.717, 1.165) is 19.5 Å². The topological polar surface area (TPSA) is 23.5 Å². The van der Waals surface area contributed by atoms with E-state index >= 15 is 0 Å². The maximum absolute atomic E-state index is 13.4. The molecule has 0 spiro atoms. The number of benzene rings is 1. The fourth-order valence-corrected chi connectivity index (χ4v) is 1.91. The number of para-hydroxylation sites is 1. The van der Waals surface area contributed by atoms with Gasteiger partial charge in [-0.15, -0.1) is 0 Å². The molecule has 0 saturated carbocycles. The van der Waals surface area contributed by atoms with Crippen molar-refractivity contribution in [3.8, 4) is 0 Å². The van der Waals surface area contributed by atoms with Gasteiger partial charge in [-0.1, -0.05) is 12.1 Å². The van der Waals surface area contributed by atoms with Gasteiger partial charge in [0, 0.05) is 25.6 Å². The molecule has 1 unspecified atom stereocenters. The van der Waals surface area contributed by atoms with Gasteiger partial charge in [0.2, 0.25) is 0 Å². The van der Waals surface area contributed by atoms with Crippen molar-refractivity contribution >= 4 is 5.69 Å². The molecule has 0 bridgehead atoms. The second kappa shape index (κ2) is 3.96. The van der Waals surface area contributed by atoms with E-state index in [4.69, 9.17) is 5.11 Å². The van der Waals surface area contributed by atoms with E-state index in [0.29, 0.717) is 11.6 Å². The summed E-state index contributed by atoms with van der Waals surface area (Å²) in [7, 11) is 0. The number of aliphatic hydroxyl groups excluding tert-OH is 1. The van der Waals surface area contributed by atoms with Crippen molar-refractivity contribution in [2.75, 3.05) is 24.6 Å². The minimum Gasteiger partial charge on any atom is -0.396 e. The number of rotatable bonds is 2. The second-order valence-corrected chi connectivity index (χ2v) is 3.73. The van der Waals surface area contributed by atoms with Crippen LogP contribution in [-0.4, -0.2) is 24.8 Å². The van der Waals surface area contributed by atoms with E-state index in [1.54, 1.807) is 12.1 Å². The Morgan fingerprint density at radius 1 is 1.43 bits per heavy atom. The van der Waals surface area contributed by atoms with Gasteiger partial charge in [0.05, 0.1) is 5.69 Å². The van der Waals surface area contributed by atoms with Crippen LogP contribution in [0.1, 0.15) is 6.42 Å². The van der Waals surface area contributed by atoms with Gasteiger partial charge >= 0.3 is 0 Å². The fourth-order valence-electron chi connectivity index (χ4n) is 1.91. The summed E-state index contributed by atoms with van der Waals surface area (Å²) in [5.74, 6) is 0.126. The molecule has 1 saturated heterocycles. The lowest BCUT2D eigenvalue weighted by molar-refractivity contribution is 0.238. The van der Waals surface area contributed by atoms with Gasteiger partial charge in [-0.3, -0.25) is 0 Å². The second-order valence-electron chi connectivity index (χ2n) is 3.73. The Balaban J connectivity index is 2.13. The average molecular weight is 195 g/mol. The van der Waals surface area contributed by atoms with E-state index in [-0.39, 0.29) is 12.4 Å². The highest BCUT2D eigenvalue weighted by atomic mass is 19.1. The molecule has 3 heteroatoms. The van der Waals surface area contributed by atoms with Gasteiger partial charge in [0.25, 0.3) is 0 Å². The largest absolute Gasteiger partial charge is 0.396 e. The van der Waals surface area contributed by atoms with Crippen molar-refractivity contribution in [1.29, 1.82) is 0 Å². The summed E-state index contributed by atoms with van der Waals surface area (Å²) in [6.07, 6.45) is 0.949. The Morgan fingerprint density at radius 3 is 2.86 bits per heavy atom. The normalized spacial score (nSPS) is 21.6. The monoisotopic (exact) mass is 195 g/mol. The summed E-state index contributed by atoms with van der Waals surface area (Å²) in [6, 6.07) is 6.79. The smallest absolute Gasteiger partial charge is 0.146 e. The maximum Gasteiger partial charge on any atom is 0.146 e. The van der Waals surface area contributed by atoms with Crippen LogP contribution in [0.3, 0.4) is 0 Å². The SMILES string of the molecule is OCC1CCN(c2ccccc2F)C1. The number of nitrogens with zero attached hydrogens (tertiary/aromatic N) is 1. The zero-order chi connectivity index (χ0) is 9.97. The van der Waals surface area contributed by atoms with Crippen LogP contribution < -0.4 is 4.90 Å². The first kappa shape index (κ1) is 9.46. The third-order valence-electron chi connectivity index (χ3n) is 2.74. The molecule has 2 nitrogen and oxygen atoms in total. The van der Waals surface area contributed by atoms with Crippen molar-refractivity contribution in [2.45, 2.75) is 6.42 Å². The molecule has 1 N–H and O–H groups in total. The van der Waals surface area contributed by atoms with Crippen molar-refractivity contribution in [3.63, 3.8) is 0 Å². The predicted octanol–water partition coefficient (Wildman–Crippen LogP) is 1.64. The first-order valence-electron chi connectivity index (χ1n) is 4.91. The number of hydrogen-bond donors (Lipinski definition) is 1. The van der Waals surface area contributed by atoms with E-state index in [1.165, 1.54) is 6.07 Å². The summed E-state index contributed by atoms with van der Waals surface area (Å²) >= 11 is 0. The van der Waals surface area contributed by atoms with Crippen LogP contribution in [0.5, 0.6) is 0 Å². The molecule has 1 aliphatic heterocycles. The third kappa shape index (κ3) is 1.73. The molecule has 1 fully saturated rings. The highest BCUT2D eigenvalue weighted by Gasteiger charge is 2.23. The van der Waals surface area contributed by atoms with E-state index in [9.17, 15) is 4.39 Å². The maximum atomic E-state index is 13.4. The lowest BCUT2D eigenvalue weighted by atomic mass is 10.1. The van der Waals surface area contributed by atoms with Crippen molar-refractivity contribution < 1.29 is 9.50 Å². The Kier molecular flexibility index (Phi) is 2.68. The molecule has 1 atom stereocenters. The van der Waals surface area contributed by atoms with Crippen LogP contribution in [0.4, 0.5) is 10.1 Å². The van der Waals surface area contributed by atoms with Crippen LogP contribution in [-0.2, 0) is 0 Å². The molecule has 1 aromatic carbocycles. The van der Waals surface area contributed by atoms with Crippen LogP contribution >= 0.6 is 0 Å². The molecular weight excluding hydrogens is 181 g/mol. The van der Waals surface area contributed by atoms with Crippen LogP contribution in [0.25, 0.3) is 0 Å². The summed E-state index contributed by atoms with van der Waals surface area (Å²) < 4.78 is 13.4. The Bertz CT molecular complexity index is 316. The predicted molar refractivity (Wildman–Crippen MR) is 53.8 cm³/mol. The third-order valence-corrected chi connectivity index (χ3v) is 2.74. The number of halogens is 1. The molecule has 0 amide bonds. The molecule has 0 aromatic heterocycles. The highest BCUT2D eigenvalue weighted by Crippen LogP contribution is 2.25. The molecule has 1 aromatic rings. The zero-order valence-corrected chi connectivity index (χ0v) is 7.99. The Labute approximate surface area is 83.0 Å². The Hall–Kier alpha value is -1.09. The van der Waals surface area contributed by atoms with Crippen molar-refractivity contribution in [2.24, 2.45) is 5.92 Å². The lowest BCUT2D eigenvalue weighted by Gasteiger charge is -2.18. The highest BCUT2D eigenvalue weighted by molar-refractivity contribution is 5.48. The molecule has 14 heavy (non-hydrogen) atoms. The van der Waals surface area contributed by atoms with Gasteiger partial charge < -0.3 is 10.0 Å². The summed E-state index contributed by atoms with van der Waals surface area (Å²) in [4.78, 5) is 2.00. The molecule has 0 aliphatic carbocycles. The number of aliphatic hydroxyl groups is 1. The van der Waals surface area contributed by atoms with Crippen molar-refractivity contribution in [3.05, 3.63) is 30.1 Å². The zero-order valence-electron chi connectivity index (χ0n) is 7.99. The van der Waals surface area contributed by atoms with Crippen LogP contribution in [0, 0.1) is 11.7 Å². The van der Waals surface area contributed by atoms with Gasteiger partial charge in [0.15, 0.2) is 0 Å². The fraction of sp³-hybridized carbons (Fsp3) is 0.455. The lowest BCUT2D eigenvalue weighted by Crippen LogP contribution is -2.21. The van der Waals surface area contributed by atoms with E-state index in [2.05, 4.69) is 0 Å². The molecular formula is C11H14FNO. The molecule has 1 heterocycles.